The van der Waals surface area contributed by atoms with E-state index in [-0.39, 0.29) is 29.6 Å². The Balaban J connectivity index is 1.41. The normalized spacial score (nSPS) is 12.3. The summed E-state index contributed by atoms with van der Waals surface area (Å²) in [4.78, 5) is 12.8. The van der Waals surface area contributed by atoms with Crippen molar-refractivity contribution in [2.45, 2.75) is 18.9 Å². The van der Waals surface area contributed by atoms with Crippen molar-refractivity contribution in [2.24, 2.45) is 0 Å². The predicted molar refractivity (Wildman–Crippen MR) is 119 cm³/mol. The van der Waals surface area contributed by atoms with Gasteiger partial charge < -0.3 is 0 Å². The molecule has 1 aromatic heterocycles. The molecule has 5 nitrogen and oxygen atoms in total. The van der Waals surface area contributed by atoms with E-state index >= 15 is 0 Å². The summed E-state index contributed by atoms with van der Waals surface area (Å²) < 4.78 is 94.9. The molecule has 0 fully saturated rings. The van der Waals surface area contributed by atoms with Gasteiger partial charge in [-0.2, -0.15) is 31.4 Å². The summed E-state index contributed by atoms with van der Waals surface area (Å²) in [6, 6.07) is 10.3. The summed E-state index contributed by atoms with van der Waals surface area (Å²) in [6.45, 7) is 0.122. The maximum atomic E-state index is 14.1. The summed E-state index contributed by atoms with van der Waals surface area (Å²) >= 11 is 0. The zero-order valence-electron chi connectivity index (χ0n) is 18.5. The van der Waals surface area contributed by atoms with Crippen LogP contribution in [0.2, 0.25) is 0 Å². The van der Waals surface area contributed by atoms with Crippen LogP contribution in [-0.2, 0) is 18.9 Å². The molecule has 0 N–H and O–H groups in total. The van der Waals surface area contributed by atoms with Crippen molar-refractivity contribution in [2.75, 3.05) is 0 Å². The zero-order valence-corrected chi connectivity index (χ0v) is 18.5. The molecular weight excluding hydrogens is 503 g/mol. The number of hydrogen-bond donors (Lipinski definition) is 0. The van der Waals surface area contributed by atoms with E-state index in [9.17, 15) is 30.7 Å². The number of imidazole rings is 1. The maximum Gasteiger partial charge on any atom is 0.417 e. The van der Waals surface area contributed by atoms with E-state index in [1.54, 1.807) is 24.4 Å². The Labute approximate surface area is 204 Å². The Hall–Kier alpha value is -4.35. The third-order valence-electron chi connectivity index (χ3n) is 5.54. The second kappa shape index (κ2) is 8.95. The number of alkyl halides is 6. The standard InChI is InChI=1S/C25H14F7N5/c26-20-4-2-1-3-18(20)23-35-21-11-34-37(13-22(21)36-23)12-16-7-5-14(10-33-16)17-8-6-15(24(27,28)29)9-19(17)25(30,31)32/h1-11,13H,12H2. The zero-order chi connectivity index (χ0) is 26.4. The minimum absolute atomic E-state index is 0.00893. The van der Waals surface area contributed by atoms with Gasteiger partial charge in [0.1, 0.15) is 17.2 Å². The first-order valence-corrected chi connectivity index (χ1v) is 10.7. The lowest BCUT2D eigenvalue weighted by molar-refractivity contribution is -0.142. The smallest absolute Gasteiger partial charge is 0.264 e. The fourth-order valence-electron chi connectivity index (χ4n) is 3.76. The Morgan fingerprint density at radius 3 is 2.19 bits per heavy atom. The first-order chi connectivity index (χ1) is 17.5. The quantitative estimate of drug-likeness (QED) is 0.248. The molecule has 2 aliphatic rings. The maximum absolute atomic E-state index is 14.1. The highest BCUT2D eigenvalue weighted by molar-refractivity contribution is 5.68. The molecule has 3 aromatic rings. The lowest BCUT2D eigenvalue weighted by Gasteiger charge is -2.16. The first-order valence-electron chi connectivity index (χ1n) is 10.7. The van der Waals surface area contributed by atoms with E-state index in [0.29, 0.717) is 23.1 Å². The highest BCUT2D eigenvalue weighted by Crippen LogP contribution is 2.40. The fraction of sp³-hybridized carbons (Fsp3) is 0.120. The largest absolute Gasteiger partial charge is 0.417 e. The van der Waals surface area contributed by atoms with Gasteiger partial charge in [0.15, 0.2) is 5.82 Å². The van der Waals surface area contributed by atoms with Crippen LogP contribution in [-0.4, -0.2) is 24.7 Å². The molecule has 0 aliphatic carbocycles. The van der Waals surface area contributed by atoms with Crippen molar-refractivity contribution in [1.82, 2.24) is 24.7 Å². The summed E-state index contributed by atoms with van der Waals surface area (Å²) in [7, 11) is 0. The molecule has 5 rings (SSSR count). The van der Waals surface area contributed by atoms with Gasteiger partial charge in [-0.15, -0.1) is 0 Å². The molecule has 0 unspecified atom stereocenters. The van der Waals surface area contributed by atoms with Crippen molar-refractivity contribution < 1.29 is 30.7 Å². The van der Waals surface area contributed by atoms with Gasteiger partial charge in [-0.25, -0.2) is 14.4 Å². The molecule has 0 spiro atoms. The van der Waals surface area contributed by atoms with Crippen molar-refractivity contribution >= 4 is 0 Å². The second-order valence-electron chi connectivity index (χ2n) is 8.06. The van der Waals surface area contributed by atoms with Crippen LogP contribution >= 0.6 is 0 Å². The molecule has 37 heavy (non-hydrogen) atoms. The molecule has 188 valence electrons. The lowest BCUT2D eigenvalue weighted by Crippen LogP contribution is -2.12. The molecule has 0 amide bonds. The van der Waals surface area contributed by atoms with Crippen molar-refractivity contribution in [3.05, 3.63) is 95.8 Å². The molecule has 3 heterocycles. The van der Waals surface area contributed by atoms with E-state index < -0.39 is 34.9 Å². The first kappa shape index (κ1) is 24.3. The summed E-state index contributed by atoms with van der Waals surface area (Å²) in [5.74, 6) is -0.267. The molecule has 0 bridgehead atoms. The van der Waals surface area contributed by atoms with Crippen LogP contribution in [0, 0.1) is 5.82 Å². The number of aromatic nitrogens is 5. The molecule has 0 saturated heterocycles. The summed E-state index contributed by atoms with van der Waals surface area (Å²) in [5, 5.41) is 4.22. The van der Waals surface area contributed by atoms with Gasteiger partial charge in [0, 0.05) is 11.8 Å². The van der Waals surface area contributed by atoms with Crippen molar-refractivity contribution in [1.29, 1.82) is 0 Å². The van der Waals surface area contributed by atoms with Gasteiger partial charge in [-0.3, -0.25) is 9.67 Å². The van der Waals surface area contributed by atoms with Gasteiger partial charge in [-0.1, -0.05) is 24.3 Å². The van der Waals surface area contributed by atoms with E-state index in [1.165, 1.54) is 29.1 Å². The van der Waals surface area contributed by atoms with Crippen LogP contribution in [0.15, 0.2) is 73.2 Å². The van der Waals surface area contributed by atoms with E-state index in [0.717, 1.165) is 12.3 Å². The van der Waals surface area contributed by atoms with Gasteiger partial charge in [0.2, 0.25) is 0 Å². The van der Waals surface area contributed by atoms with Crippen LogP contribution in [0.1, 0.15) is 16.8 Å². The molecule has 0 atom stereocenters. The topological polar surface area (TPSA) is 56.5 Å². The summed E-state index contributed by atoms with van der Waals surface area (Å²) in [5.41, 5.74) is -1.64. The molecule has 0 radical (unpaired) electrons. The number of nitrogens with zero attached hydrogens (tertiary/aromatic N) is 5. The van der Waals surface area contributed by atoms with Crippen LogP contribution in [0.25, 0.3) is 33.9 Å². The minimum atomic E-state index is -4.99. The number of halogens is 7. The third-order valence-corrected chi connectivity index (χ3v) is 5.54. The van der Waals surface area contributed by atoms with Crippen LogP contribution in [0.3, 0.4) is 0 Å². The lowest BCUT2D eigenvalue weighted by atomic mass is 9.98. The van der Waals surface area contributed by atoms with Gasteiger partial charge in [0.25, 0.3) is 0 Å². The Morgan fingerprint density at radius 2 is 1.51 bits per heavy atom. The SMILES string of the molecule is Fc1ccccc1-c1nc2cnn(Cc3ccc(-c4ccc(C(F)(F)F)cc4C(F)(F)F)cn3)cc-2n1. The average molecular weight is 517 g/mol. The Morgan fingerprint density at radius 1 is 0.757 bits per heavy atom. The number of hydrogen-bond acceptors (Lipinski definition) is 4. The molecule has 12 heteroatoms. The van der Waals surface area contributed by atoms with Crippen molar-refractivity contribution in [3.8, 4) is 33.9 Å². The van der Waals surface area contributed by atoms with Crippen LogP contribution in [0.5, 0.6) is 0 Å². The Bertz CT molecular complexity index is 1540. The number of benzene rings is 2. The highest BCUT2D eigenvalue weighted by Gasteiger charge is 2.38. The molecule has 2 aromatic carbocycles. The monoisotopic (exact) mass is 517 g/mol. The fourth-order valence-corrected chi connectivity index (χ4v) is 3.76. The number of rotatable bonds is 4. The third kappa shape index (κ3) is 4.99. The highest BCUT2D eigenvalue weighted by atomic mass is 19.4. The molecule has 2 aliphatic heterocycles. The van der Waals surface area contributed by atoms with Crippen LogP contribution < -0.4 is 0 Å². The van der Waals surface area contributed by atoms with Gasteiger partial charge in [-0.05, 0) is 35.9 Å². The van der Waals surface area contributed by atoms with Gasteiger partial charge >= 0.3 is 12.4 Å². The van der Waals surface area contributed by atoms with Crippen LogP contribution in [0.4, 0.5) is 30.7 Å². The summed E-state index contributed by atoms with van der Waals surface area (Å²) in [6.07, 6.45) is -5.73. The van der Waals surface area contributed by atoms with Gasteiger partial charge in [0.05, 0.1) is 41.3 Å². The number of fused-ring (bicyclic) bond motifs is 1. The van der Waals surface area contributed by atoms with Crippen molar-refractivity contribution in [3.63, 3.8) is 0 Å². The van der Waals surface area contributed by atoms with E-state index in [2.05, 4.69) is 20.1 Å². The second-order valence-corrected chi connectivity index (χ2v) is 8.06. The van der Waals surface area contributed by atoms with E-state index in [4.69, 9.17) is 0 Å². The molecular formula is C25H14F7N5. The Kier molecular flexibility index (Phi) is 5.89. The number of pyridine rings is 1. The minimum Gasteiger partial charge on any atom is -0.264 e. The molecule has 0 saturated carbocycles. The van der Waals surface area contributed by atoms with E-state index in [1.807, 2.05) is 0 Å². The predicted octanol–water partition coefficient (Wildman–Crippen LogP) is 6.73. The average Bonchev–Trinajstić information content (AvgIpc) is 3.26.